The molecule has 4 nitrogen and oxygen atoms in total. The Morgan fingerprint density at radius 3 is 2.75 bits per heavy atom. The maximum atomic E-state index is 11.9. The molecule has 1 amide bonds. The molecular weight excluding hydrogens is 224 g/mol. The second-order valence-electron chi connectivity index (χ2n) is 4.46. The van der Waals surface area contributed by atoms with Crippen LogP contribution >= 0.6 is 11.8 Å². The summed E-state index contributed by atoms with van der Waals surface area (Å²) in [6.07, 6.45) is 4.81. The van der Waals surface area contributed by atoms with E-state index in [4.69, 9.17) is 10.8 Å². The fraction of sp³-hybridized carbons (Fsp3) is 0.909. The first kappa shape index (κ1) is 13.8. The van der Waals surface area contributed by atoms with Crippen LogP contribution in [0.4, 0.5) is 0 Å². The lowest BCUT2D eigenvalue weighted by Gasteiger charge is -2.24. The van der Waals surface area contributed by atoms with Gasteiger partial charge in [-0.05, 0) is 26.0 Å². The molecule has 0 spiro atoms. The molecule has 4 atom stereocenters. The van der Waals surface area contributed by atoms with Crippen molar-refractivity contribution in [2.45, 2.75) is 43.5 Å². The molecule has 1 aliphatic carbocycles. The normalized spacial score (nSPS) is 28.8. The highest BCUT2D eigenvalue weighted by atomic mass is 32.2. The van der Waals surface area contributed by atoms with E-state index in [9.17, 15) is 4.79 Å². The third-order valence-electron chi connectivity index (χ3n) is 3.32. The van der Waals surface area contributed by atoms with Crippen LogP contribution in [-0.4, -0.2) is 41.2 Å². The quantitative estimate of drug-likeness (QED) is 0.654. The fourth-order valence-corrected chi connectivity index (χ4v) is 2.80. The molecule has 0 aromatic carbocycles. The van der Waals surface area contributed by atoms with Crippen molar-refractivity contribution in [2.24, 2.45) is 11.7 Å². The molecule has 1 aliphatic rings. The van der Waals surface area contributed by atoms with Crippen molar-refractivity contribution < 1.29 is 9.90 Å². The van der Waals surface area contributed by atoms with Crippen LogP contribution in [0.3, 0.4) is 0 Å². The molecule has 4 unspecified atom stereocenters. The lowest BCUT2D eigenvalue weighted by molar-refractivity contribution is -0.125. The number of nitrogens with one attached hydrogen (secondary N) is 1. The number of hydrogen-bond acceptors (Lipinski definition) is 4. The van der Waals surface area contributed by atoms with E-state index in [1.807, 2.05) is 13.2 Å². The summed E-state index contributed by atoms with van der Waals surface area (Å²) in [4.78, 5) is 11.9. The van der Waals surface area contributed by atoms with Crippen LogP contribution in [0.25, 0.3) is 0 Å². The van der Waals surface area contributed by atoms with Gasteiger partial charge in [0, 0.05) is 17.3 Å². The van der Waals surface area contributed by atoms with E-state index >= 15 is 0 Å². The Kier molecular flexibility index (Phi) is 5.58. The van der Waals surface area contributed by atoms with Crippen molar-refractivity contribution in [3.05, 3.63) is 0 Å². The van der Waals surface area contributed by atoms with E-state index in [0.717, 1.165) is 19.3 Å². The zero-order chi connectivity index (χ0) is 12.1. The summed E-state index contributed by atoms with van der Waals surface area (Å²) >= 11 is 1.57. The number of carbonyl (C=O) groups is 1. The highest BCUT2D eigenvalue weighted by Crippen LogP contribution is 2.24. The predicted octanol–water partition coefficient (Wildman–Crippen LogP) is 0.342. The molecule has 0 aromatic heterocycles. The molecule has 0 bridgehead atoms. The largest absolute Gasteiger partial charge is 0.395 e. The summed E-state index contributed by atoms with van der Waals surface area (Å²) < 4.78 is 0. The first-order valence-electron chi connectivity index (χ1n) is 5.79. The lowest BCUT2D eigenvalue weighted by atomic mass is 10.0. The SMILES string of the molecule is CSC(CO)C(C)NC(=O)C1CCCC1N. The van der Waals surface area contributed by atoms with Crippen LogP contribution in [-0.2, 0) is 4.79 Å². The summed E-state index contributed by atoms with van der Waals surface area (Å²) in [5.41, 5.74) is 5.88. The van der Waals surface area contributed by atoms with Gasteiger partial charge in [-0.1, -0.05) is 6.42 Å². The Bertz CT molecular complexity index is 234. The number of amides is 1. The first-order chi connectivity index (χ1) is 7.60. The minimum absolute atomic E-state index is 0.00839. The standard InChI is InChI=1S/C11H22N2O2S/c1-7(10(6-14)16-2)13-11(15)8-4-3-5-9(8)12/h7-10,14H,3-6,12H2,1-2H3,(H,13,15). The molecule has 0 saturated heterocycles. The van der Waals surface area contributed by atoms with E-state index < -0.39 is 0 Å². The second kappa shape index (κ2) is 6.47. The van der Waals surface area contributed by atoms with Gasteiger partial charge >= 0.3 is 0 Å². The number of rotatable bonds is 5. The number of aliphatic hydroxyl groups excluding tert-OH is 1. The molecule has 4 N–H and O–H groups in total. The molecule has 16 heavy (non-hydrogen) atoms. The molecule has 1 fully saturated rings. The molecule has 0 heterocycles. The lowest BCUT2D eigenvalue weighted by Crippen LogP contribution is -2.46. The Morgan fingerprint density at radius 2 is 2.31 bits per heavy atom. The summed E-state index contributed by atoms with van der Waals surface area (Å²) in [5, 5.41) is 12.1. The third-order valence-corrected chi connectivity index (χ3v) is 4.48. The van der Waals surface area contributed by atoms with E-state index in [1.165, 1.54) is 0 Å². The highest BCUT2D eigenvalue weighted by molar-refractivity contribution is 7.99. The van der Waals surface area contributed by atoms with Crippen LogP contribution in [0.1, 0.15) is 26.2 Å². The molecule has 0 aromatic rings. The molecule has 94 valence electrons. The Morgan fingerprint density at radius 1 is 1.62 bits per heavy atom. The predicted molar refractivity (Wildman–Crippen MR) is 67.3 cm³/mol. The average Bonchev–Trinajstić information content (AvgIpc) is 2.66. The van der Waals surface area contributed by atoms with E-state index in [0.29, 0.717) is 0 Å². The summed E-state index contributed by atoms with van der Waals surface area (Å²) in [6, 6.07) is -0.00523. The number of carbonyl (C=O) groups excluding carboxylic acids is 1. The van der Waals surface area contributed by atoms with Gasteiger partial charge in [0.15, 0.2) is 0 Å². The van der Waals surface area contributed by atoms with Gasteiger partial charge in [0.1, 0.15) is 0 Å². The van der Waals surface area contributed by atoms with Crippen LogP contribution in [0.5, 0.6) is 0 Å². The van der Waals surface area contributed by atoms with Crippen LogP contribution in [0.15, 0.2) is 0 Å². The molecule has 0 aliphatic heterocycles. The van der Waals surface area contributed by atoms with Crippen LogP contribution < -0.4 is 11.1 Å². The second-order valence-corrected chi connectivity index (χ2v) is 5.53. The van der Waals surface area contributed by atoms with Gasteiger partial charge in [-0.3, -0.25) is 4.79 Å². The van der Waals surface area contributed by atoms with E-state index in [-0.39, 0.29) is 35.8 Å². The van der Waals surface area contributed by atoms with Crippen molar-refractivity contribution in [1.29, 1.82) is 0 Å². The Balaban J connectivity index is 2.44. The topological polar surface area (TPSA) is 75.3 Å². The molecule has 1 rings (SSSR count). The number of aliphatic hydroxyl groups is 1. The zero-order valence-corrected chi connectivity index (χ0v) is 10.8. The summed E-state index contributed by atoms with van der Waals surface area (Å²) in [7, 11) is 0. The maximum Gasteiger partial charge on any atom is 0.224 e. The summed E-state index contributed by atoms with van der Waals surface area (Å²) in [5.74, 6) is 0.00801. The maximum absolute atomic E-state index is 11.9. The fourth-order valence-electron chi connectivity index (χ4n) is 2.18. The smallest absolute Gasteiger partial charge is 0.224 e. The van der Waals surface area contributed by atoms with Crippen molar-refractivity contribution in [2.75, 3.05) is 12.9 Å². The monoisotopic (exact) mass is 246 g/mol. The number of thioether (sulfide) groups is 1. The molecule has 0 radical (unpaired) electrons. The number of hydrogen-bond donors (Lipinski definition) is 3. The minimum atomic E-state index is -0.0383. The van der Waals surface area contributed by atoms with Gasteiger partial charge in [-0.2, -0.15) is 11.8 Å². The van der Waals surface area contributed by atoms with Gasteiger partial charge in [0.2, 0.25) is 5.91 Å². The minimum Gasteiger partial charge on any atom is -0.395 e. The summed E-state index contributed by atoms with van der Waals surface area (Å²) in [6.45, 7) is 2.01. The van der Waals surface area contributed by atoms with Gasteiger partial charge in [-0.15, -0.1) is 0 Å². The van der Waals surface area contributed by atoms with E-state index in [2.05, 4.69) is 5.32 Å². The van der Waals surface area contributed by atoms with E-state index in [1.54, 1.807) is 11.8 Å². The highest BCUT2D eigenvalue weighted by Gasteiger charge is 2.31. The van der Waals surface area contributed by atoms with Crippen LogP contribution in [0.2, 0.25) is 0 Å². The zero-order valence-electron chi connectivity index (χ0n) is 9.98. The van der Waals surface area contributed by atoms with Crippen molar-refractivity contribution in [3.8, 4) is 0 Å². The average molecular weight is 246 g/mol. The third kappa shape index (κ3) is 3.37. The van der Waals surface area contributed by atoms with Crippen molar-refractivity contribution in [1.82, 2.24) is 5.32 Å². The molecule has 1 saturated carbocycles. The van der Waals surface area contributed by atoms with Crippen LogP contribution in [0, 0.1) is 5.92 Å². The van der Waals surface area contributed by atoms with Gasteiger partial charge in [0.05, 0.1) is 12.5 Å². The number of nitrogens with two attached hydrogens (primary N) is 1. The van der Waals surface area contributed by atoms with Gasteiger partial charge in [0.25, 0.3) is 0 Å². The van der Waals surface area contributed by atoms with Gasteiger partial charge in [-0.25, -0.2) is 0 Å². The molecule has 5 heteroatoms. The molecular formula is C11H22N2O2S. The van der Waals surface area contributed by atoms with Crippen molar-refractivity contribution in [3.63, 3.8) is 0 Å². The Hall–Kier alpha value is -0.260. The first-order valence-corrected chi connectivity index (χ1v) is 7.08. The Labute approximate surface area is 101 Å². The van der Waals surface area contributed by atoms with Crippen molar-refractivity contribution >= 4 is 17.7 Å². The van der Waals surface area contributed by atoms with Gasteiger partial charge < -0.3 is 16.2 Å².